The van der Waals surface area contributed by atoms with Gasteiger partial charge in [-0.3, -0.25) is 9.59 Å². The first kappa shape index (κ1) is 14.5. The molecule has 1 aromatic heterocycles. The molecule has 2 aliphatic rings. The fourth-order valence-corrected chi connectivity index (χ4v) is 5.06. The number of carboxylic acid groups (broad SMARTS) is 1. The molecule has 1 aromatic rings. The summed E-state index contributed by atoms with van der Waals surface area (Å²) in [6.45, 7) is 0. The summed E-state index contributed by atoms with van der Waals surface area (Å²) in [5.41, 5.74) is 0. The molecule has 2 atom stereocenters. The summed E-state index contributed by atoms with van der Waals surface area (Å²) in [6, 6.07) is 1.84. The molecular formula is C13H13Br2NO3S. The smallest absolute Gasteiger partial charge is 0.308 e. The van der Waals surface area contributed by atoms with Gasteiger partial charge in [0, 0.05) is 21.8 Å². The molecule has 1 aliphatic carbocycles. The number of carbonyl (C=O) groups excluding carboxylic acids is 1. The van der Waals surface area contributed by atoms with Crippen LogP contribution in [-0.4, -0.2) is 27.9 Å². The first-order chi connectivity index (χ1) is 9.49. The van der Waals surface area contributed by atoms with Gasteiger partial charge in [0.05, 0.1) is 15.7 Å². The number of thiophene rings is 1. The lowest BCUT2D eigenvalue weighted by molar-refractivity contribution is -0.152. The maximum atomic E-state index is 12.2. The van der Waals surface area contributed by atoms with Crippen LogP contribution in [0.1, 0.15) is 36.6 Å². The first-order valence-corrected chi connectivity index (χ1v) is 8.88. The fourth-order valence-electron chi connectivity index (χ4n) is 2.80. The third-order valence-electron chi connectivity index (χ3n) is 3.85. The van der Waals surface area contributed by atoms with E-state index in [1.165, 1.54) is 11.3 Å². The average molecular weight is 423 g/mol. The van der Waals surface area contributed by atoms with Crippen LogP contribution in [-0.2, 0) is 9.59 Å². The van der Waals surface area contributed by atoms with E-state index in [0.29, 0.717) is 12.8 Å². The van der Waals surface area contributed by atoms with Gasteiger partial charge in [-0.25, -0.2) is 0 Å². The summed E-state index contributed by atoms with van der Waals surface area (Å²) in [5.74, 6) is -1.23. The van der Waals surface area contributed by atoms with Crippen molar-refractivity contribution in [2.24, 2.45) is 5.92 Å². The minimum absolute atomic E-state index is 0.0932. The number of piperidine rings is 1. The van der Waals surface area contributed by atoms with Crippen LogP contribution >= 0.6 is 43.2 Å². The summed E-state index contributed by atoms with van der Waals surface area (Å²) in [5, 5.41) is 9.50. The molecule has 0 aromatic carbocycles. The maximum absolute atomic E-state index is 12.2. The van der Waals surface area contributed by atoms with Gasteiger partial charge < -0.3 is 10.0 Å². The lowest BCUT2D eigenvalue weighted by Gasteiger charge is -2.39. The second-order valence-electron chi connectivity index (χ2n) is 5.23. The third-order valence-corrected chi connectivity index (χ3v) is 7.18. The number of hydrogen-bond donors (Lipinski definition) is 1. The lowest BCUT2D eigenvalue weighted by atomic mass is 9.87. The monoisotopic (exact) mass is 421 g/mol. The molecular weight excluding hydrogens is 410 g/mol. The molecule has 1 aliphatic heterocycles. The fraction of sp³-hybridized carbons (Fsp3) is 0.538. The van der Waals surface area contributed by atoms with Crippen molar-refractivity contribution in [3.63, 3.8) is 0 Å². The Morgan fingerprint density at radius 3 is 2.55 bits per heavy atom. The van der Waals surface area contributed by atoms with E-state index in [9.17, 15) is 14.7 Å². The zero-order chi connectivity index (χ0) is 14.4. The topological polar surface area (TPSA) is 57.6 Å². The Kier molecular flexibility index (Phi) is 3.94. The third kappa shape index (κ3) is 2.55. The average Bonchev–Trinajstić information content (AvgIpc) is 3.16. The van der Waals surface area contributed by atoms with Gasteiger partial charge in [0.25, 0.3) is 0 Å². The Bertz CT molecular complexity index is 550. The van der Waals surface area contributed by atoms with E-state index in [-0.39, 0.29) is 18.0 Å². The van der Waals surface area contributed by atoms with Crippen molar-refractivity contribution < 1.29 is 14.7 Å². The zero-order valence-electron chi connectivity index (χ0n) is 10.5. The van der Waals surface area contributed by atoms with Gasteiger partial charge in [0.15, 0.2) is 0 Å². The van der Waals surface area contributed by atoms with Crippen molar-refractivity contribution in [1.29, 1.82) is 0 Å². The van der Waals surface area contributed by atoms with Crippen LogP contribution in [0.2, 0.25) is 0 Å². The molecule has 7 heteroatoms. The number of aliphatic carboxylic acids is 1. The SMILES string of the molecule is O=C(O)C1CCC(=O)N(C2CC2)C1c1cc(Br)c(Br)s1. The van der Waals surface area contributed by atoms with Crippen molar-refractivity contribution in [1.82, 2.24) is 4.90 Å². The van der Waals surface area contributed by atoms with Gasteiger partial charge in [-0.15, -0.1) is 11.3 Å². The van der Waals surface area contributed by atoms with E-state index < -0.39 is 11.9 Å². The summed E-state index contributed by atoms with van der Waals surface area (Å²) in [6.07, 6.45) is 2.75. The van der Waals surface area contributed by atoms with E-state index in [1.807, 2.05) is 11.0 Å². The molecule has 0 bridgehead atoms. The molecule has 1 N–H and O–H groups in total. The number of halogens is 2. The molecule has 2 fully saturated rings. The molecule has 0 radical (unpaired) electrons. The summed E-state index contributed by atoms with van der Waals surface area (Å²) in [4.78, 5) is 26.6. The summed E-state index contributed by atoms with van der Waals surface area (Å²) in [7, 11) is 0. The van der Waals surface area contributed by atoms with Crippen LogP contribution in [0.4, 0.5) is 0 Å². The Morgan fingerprint density at radius 1 is 1.35 bits per heavy atom. The minimum atomic E-state index is -0.811. The van der Waals surface area contributed by atoms with Gasteiger partial charge in [0.1, 0.15) is 0 Å². The number of carbonyl (C=O) groups is 2. The number of hydrogen-bond acceptors (Lipinski definition) is 3. The summed E-state index contributed by atoms with van der Waals surface area (Å²) >= 11 is 8.39. The van der Waals surface area contributed by atoms with Crippen molar-refractivity contribution >= 4 is 55.1 Å². The van der Waals surface area contributed by atoms with Crippen LogP contribution in [0.15, 0.2) is 14.3 Å². The molecule has 1 saturated heterocycles. The highest BCUT2D eigenvalue weighted by molar-refractivity contribution is 9.13. The molecule has 3 rings (SSSR count). The van der Waals surface area contributed by atoms with Gasteiger partial charge in [-0.2, -0.15) is 0 Å². The molecule has 108 valence electrons. The second-order valence-corrected chi connectivity index (χ2v) is 8.49. The van der Waals surface area contributed by atoms with Crippen molar-refractivity contribution in [2.45, 2.75) is 37.8 Å². The van der Waals surface area contributed by atoms with Crippen molar-refractivity contribution in [3.05, 3.63) is 19.2 Å². The molecule has 2 unspecified atom stereocenters. The van der Waals surface area contributed by atoms with Gasteiger partial charge >= 0.3 is 5.97 Å². The zero-order valence-corrected chi connectivity index (χ0v) is 14.5. The minimum Gasteiger partial charge on any atom is -0.481 e. The quantitative estimate of drug-likeness (QED) is 0.805. The predicted octanol–water partition coefficient (Wildman–Crippen LogP) is 3.80. The maximum Gasteiger partial charge on any atom is 0.308 e. The van der Waals surface area contributed by atoms with Gasteiger partial charge in [0.2, 0.25) is 5.91 Å². The molecule has 2 heterocycles. The highest BCUT2D eigenvalue weighted by atomic mass is 79.9. The molecule has 1 amide bonds. The van der Waals surface area contributed by atoms with E-state index in [0.717, 1.165) is 26.0 Å². The van der Waals surface area contributed by atoms with Crippen LogP contribution in [0.25, 0.3) is 0 Å². The van der Waals surface area contributed by atoms with Crippen molar-refractivity contribution in [2.75, 3.05) is 0 Å². The van der Waals surface area contributed by atoms with Crippen LogP contribution in [0.3, 0.4) is 0 Å². The number of likely N-dealkylation sites (tertiary alicyclic amines) is 1. The van der Waals surface area contributed by atoms with E-state index in [1.54, 1.807) is 0 Å². The van der Waals surface area contributed by atoms with Crippen LogP contribution < -0.4 is 0 Å². The Morgan fingerprint density at radius 2 is 2.05 bits per heavy atom. The van der Waals surface area contributed by atoms with E-state index in [4.69, 9.17) is 0 Å². The number of amides is 1. The molecule has 0 spiro atoms. The number of carboxylic acids is 1. The predicted molar refractivity (Wildman–Crippen MR) is 82.7 cm³/mol. The molecule has 1 saturated carbocycles. The van der Waals surface area contributed by atoms with Gasteiger partial charge in [-0.05, 0) is 57.2 Å². The highest BCUT2D eigenvalue weighted by Crippen LogP contribution is 2.47. The first-order valence-electron chi connectivity index (χ1n) is 6.47. The summed E-state index contributed by atoms with van der Waals surface area (Å²) < 4.78 is 1.85. The van der Waals surface area contributed by atoms with E-state index in [2.05, 4.69) is 31.9 Å². The van der Waals surface area contributed by atoms with Crippen LogP contribution in [0.5, 0.6) is 0 Å². The largest absolute Gasteiger partial charge is 0.481 e. The van der Waals surface area contributed by atoms with Crippen molar-refractivity contribution in [3.8, 4) is 0 Å². The normalized spacial score (nSPS) is 26.9. The van der Waals surface area contributed by atoms with E-state index >= 15 is 0 Å². The standard InChI is InChI=1S/C13H13Br2NO3S/c14-8-5-9(20-12(8)15)11-7(13(18)19)3-4-10(17)16(11)6-1-2-6/h5-7,11H,1-4H2,(H,18,19). The number of rotatable bonds is 3. The Labute approximate surface area is 137 Å². The van der Waals surface area contributed by atoms with Gasteiger partial charge in [-0.1, -0.05) is 0 Å². The lowest BCUT2D eigenvalue weighted by Crippen LogP contribution is -2.46. The molecule has 20 heavy (non-hydrogen) atoms. The number of nitrogens with zero attached hydrogens (tertiary/aromatic N) is 1. The Hall–Kier alpha value is -0.400. The molecule has 4 nitrogen and oxygen atoms in total. The van der Waals surface area contributed by atoms with Crippen LogP contribution in [0, 0.1) is 5.92 Å². The highest BCUT2D eigenvalue weighted by Gasteiger charge is 2.47. The Balaban J connectivity index is 2.02. The second kappa shape index (κ2) is 5.42.